The number of hydrogen-bond donors (Lipinski definition) is 2. The van der Waals surface area contributed by atoms with Crippen LogP contribution in [0.1, 0.15) is 51.2 Å². The van der Waals surface area contributed by atoms with E-state index in [-0.39, 0.29) is 0 Å². The van der Waals surface area contributed by atoms with Gasteiger partial charge in [-0.15, -0.1) is 0 Å². The zero-order chi connectivity index (χ0) is 13.4. The van der Waals surface area contributed by atoms with Crippen molar-refractivity contribution < 1.29 is 4.52 Å². The molecule has 6 nitrogen and oxygen atoms in total. The van der Waals surface area contributed by atoms with Crippen LogP contribution in [0, 0.1) is 0 Å². The van der Waals surface area contributed by atoms with E-state index in [9.17, 15) is 0 Å². The quantitative estimate of drug-likeness (QED) is 0.436. The molecule has 0 aliphatic rings. The van der Waals surface area contributed by atoms with E-state index in [0.29, 0.717) is 17.8 Å². The summed E-state index contributed by atoms with van der Waals surface area (Å²) in [6.45, 7) is 7.68. The van der Waals surface area contributed by atoms with Gasteiger partial charge in [-0.3, -0.25) is 4.99 Å². The molecule has 0 aromatic carbocycles. The fraction of sp³-hybridized carbons (Fsp3) is 0.750. The Morgan fingerprint density at radius 2 is 2.28 bits per heavy atom. The monoisotopic (exact) mass is 253 g/mol. The Kier molecular flexibility index (Phi) is 6.18. The van der Waals surface area contributed by atoms with Crippen molar-refractivity contribution in [2.75, 3.05) is 13.1 Å². The van der Waals surface area contributed by atoms with Crippen LogP contribution in [0.25, 0.3) is 0 Å². The lowest BCUT2D eigenvalue weighted by atomic mass is 10.2. The number of aliphatic imine (C=N–C) groups is 1. The van der Waals surface area contributed by atoms with Crippen molar-refractivity contribution in [1.82, 2.24) is 15.5 Å². The van der Waals surface area contributed by atoms with Gasteiger partial charge in [0.25, 0.3) is 0 Å². The van der Waals surface area contributed by atoms with E-state index in [1.807, 2.05) is 13.8 Å². The maximum absolute atomic E-state index is 5.67. The minimum absolute atomic E-state index is 0.303. The number of nitrogens with one attached hydrogen (secondary N) is 1. The predicted octanol–water partition coefficient (Wildman–Crippen LogP) is 1.44. The molecule has 0 aliphatic carbocycles. The van der Waals surface area contributed by atoms with Crippen LogP contribution in [0.4, 0.5) is 0 Å². The van der Waals surface area contributed by atoms with Gasteiger partial charge in [-0.1, -0.05) is 25.9 Å². The highest BCUT2D eigenvalue weighted by Gasteiger charge is 2.08. The standard InChI is InChI=1S/C12H23N5O/c1-4-7-14-12(13)15-8-5-6-10-16-11(9(2)3)17-18-10/h9H,4-8H2,1-3H3,(H3,13,14,15). The molecule has 0 unspecified atom stereocenters. The Balaban J connectivity index is 2.21. The Bertz CT molecular complexity index is 372. The molecule has 0 fully saturated rings. The van der Waals surface area contributed by atoms with E-state index < -0.39 is 0 Å². The summed E-state index contributed by atoms with van der Waals surface area (Å²) in [5, 5.41) is 6.97. The van der Waals surface area contributed by atoms with Crippen molar-refractivity contribution in [3.8, 4) is 0 Å². The molecule has 3 N–H and O–H groups in total. The van der Waals surface area contributed by atoms with Gasteiger partial charge >= 0.3 is 0 Å². The lowest BCUT2D eigenvalue weighted by molar-refractivity contribution is 0.368. The first-order chi connectivity index (χ1) is 8.63. The highest BCUT2D eigenvalue weighted by molar-refractivity contribution is 5.77. The van der Waals surface area contributed by atoms with Crippen LogP contribution < -0.4 is 11.1 Å². The van der Waals surface area contributed by atoms with E-state index in [4.69, 9.17) is 10.3 Å². The number of aromatic nitrogens is 2. The predicted molar refractivity (Wildman–Crippen MR) is 71.5 cm³/mol. The van der Waals surface area contributed by atoms with Crippen molar-refractivity contribution in [3.63, 3.8) is 0 Å². The van der Waals surface area contributed by atoms with Gasteiger partial charge in [0.15, 0.2) is 11.8 Å². The Morgan fingerprint density at radius 3 is 2.89 bits per heavy atom. The summed E-state index contributed by atoms with van der Waals surface area (Å²) in [6.07, 6.45) is 2.65. The molecular weight excluding hydrogens is 230 g/mol. The van der Waals surface area contributed by atoms with E-state index in [2.05, 4.69) is 27.4 Å². The van der Waals surface area contributed by atoms with E-state index in [1.165, 1.54) is 0 Å². The molecule has 0 aliphatic heterocycles. The van der Waals surface area contributed by atoms with Gasteiger partial charge in [-0.05, 0) is 12.8 Å². The third-order valence-corrected chi connectivity index (χ3v) is 2.38. The summed E-state index contributed by atoms with van der Waals surface area (Å²) in [5.41, 5.74) is 5.67. The average Bonchev–Trinajstić information content (AvgIpc) is 2.81. The van der Waals surface area contributed by atoms with Gasteiger partial charge in [0.05, 0.1) is 0 Å². The molecule has 18 heavy (non-hydrogen) atoms. The number of aryl methyl sites for hydroxylation is 1. The smallest absolute Gasteiger partial charge is 0.226 e. The summed E-state index contributed by atoms with van der Waals surface area (Å²) in [4.78, 5) is 8.46. The molecule has 0 atom stereocenters. The molecule has 1 heterocycles. The maximum Gasteiger partial charge on any atom is 0.226 e. The second-order valence-corrected chi connectivity index (χ2v) is 4.50. The Morgan fingerprint density at radius 1 is 1.50 bits per heavy atom. The Labute approximate surface area is 108 Å². The summed E-state index contributed by atoms with van der Waals surface area (Å²) in [6, 6.07) is 0. The summed E-state index contributed by atoms with van der Waals surface area (Å²) >= 11 is 0. The molecular formula is C12H23N5O. The molecule has 1 aromatic rings. The second-order valence-electron chi connectivity index (χ2n) is 4.50. The van der Waals surface area contributed by atoms with E-state index in [0.717, 1.165) is 38.2 Å². The van der Waals surface area contributed by atoms with Crippen LogP contribution in [0.5, 0.6) is 0 Å². The topological polar surface area (TPSA) is 89.3 Å². The van der Waals surface area contributed by atoms with Gasteiger partial charge in [0.1, 0.15) is 0 Å². The molecule has 0 radical (unpaired) electrons. The molecule has 6 heteroatoms. The molecule has 0 saturated heterocycles. The summed E-state index contributed by atoms with van der Waals surface area (Å²) in [5.74, 6) is 2.26. The minimum Gasteiger partial charge on any atom is -0.370 e. The first kappa shape index (κ1) is 14.5. The number of nitrogens with zero attached hydrogens (tertiary/aromatic N) is 3. The van der Waals surface area contributed by atoms with Crippen LogP contribution in [-0.2, 0) is 6.42 Å². The average molecular weight is 253 g/mol. The Hall–Kier alpha value is -1.59. The normalized spacial score (nSPS) is 12.1. The van der Waals surface area contributed by atoms with Crippen LogP contribution in [0.2, 0.25) is 0 Å². The zero-order valence-electron chi connectivity index (χ0n) is 11.4. The van der Waals surface area contributed by atoms with Crippen molar-refractivity contribution in [2.45, 2.75) is 46.0 Å². The SMILES string of the molecule is CCCN=C(N)NCCCc1nc(C(C)C)no1. The van der Waals surface area contributed by atoms with Gasteiger partial charge in [0.2, 0.25) is 5.89 Å². The van der Waals surface area contributed by atoms with Gasteiger partial charge in [-0.25, -0.2) is 0 Å². The number of rotatable bonds is 7. The first-order valence-electron chi connectivity index (χ1n) is 6.49. The third-order valence-electron chi connectivity index (χ3n) is 2.38. The number of nitrogens with two attached hydrogens (primary N) is 1. The minimum atomic E-state index is 0.303. The largest absolute Gasteiger partial charge is 0.370 e. The molecule has 0 bridgehead atoms. The van der Waals surface area contributed by atoms with Crippen molar-refractivity contribution in [3.05, 3.63) is 11.7 Å². The summed E-state index contributed by atoms with van der Waals surface area (Å²) in [7, 11) is 0. The second kappa shape index (κ2) is 7.68. The number of hydrogen-bond acceptors (Lipinski definition) is 4. The first-order valence-corrected chi connectivity index (χ1v) is 6.49. The van der Waals surface area contributed by atoms with Gasteiger partial charge < -0.3 is 15.6 Å². The molecule has 102 valence electrons. The van der Waals surface area contributed by atoms with Crippen LogP contribution in [-0.4, -0.2) is 29.2 Å². The highest BCUT2D eigenvalue weighted by atomic mass is 16.5. The lowest BCUT2D eigenvalue weighted by Gasteiger charge is -2.03. The van der Waals surface area contributed by atoms with E-state index in [1.54, 1.807) is 0 Å². The van der Waals surface area contributed by atoms with Crippen molar-refractivity contribution in [1.29, 1.82) is 0 Å². The van der Waals surface area contributed by atoms with Gasteiger partial charge in [-0.2, -0.15) is 4.98 Å². The summed E-state index contributed by atoms with van der Waals surface area (Å²) < 4.78 is 5.15. The fourth-order valence-corrected chi connectivity index (χ4v) is 1.35. The highest BCUT2D eigenvalue weighted by Crippen LogP contribution is 2.10. The fourth-order valence-electron chi connectivity index (χ4n) is 1.35. The maximum atomic E-state index is 5.67. The molecule has 0 saturated carbocycles. The van der Waals surface area contributed by atoms with Crippen LogP contribution in [0.15, 0.2) is 9.52 Å². The molecule has 1 aromatic heterocycles. The van der Waals surface area contributed by atoms with Crippen LogP contribution in [0.3, 0.4) is 0 Å². The molecule has 1 rings (SSSR count). The molecule has 0 amide bonds. The number of guanidine groups is 1. The van der Waals surface area contributed by atoms with Crippen molar-refractivity contribution >= 4 is 5.96 Å². The third kappa shape index (κ3) is 5.16. The van der Waals surface area contributed by atoms with E-state index >= 15 is 0 Å². The zero-order valence-corrected chi connectivity index (χ0v) is 11.4. The van der Waals surface area contributed by atoms with Crippen LogP contribution >= 0.6 is 0 Å². The van der Waals surface area contributed by atoms with Gasteiger partial charge in [0, 0.05) is 25.4 Å². The lowest BCUT2D eigenvalue weighted by Crippen LogP contribution is -2.32. The van der Waals surface area contributed by atoms with Crippen molar-refractivity contribution in [2.24, 2.45) is 10.7 Å². The molecule has 0 spiro atoms.